The van der Waals surface area contributed by atoms with Gasteiger partial charge in [0, 0.05) is 26.5 Å². The van der Waals surface area contributed by atoms with E-state index in [9.17, 15) is 12.9 Å². The molecule has 0 saturated heterocycles. The number of rotatable bonds is 2. The van der Waals surface area contributed by atoms with Crippen LogP contribution in [0.15, 0.2) is 18.5 Å². The van der Waals surface area contributed by atoms with Gasteiger partial charge in [0.25, 0.3) is 0 Å². The Morgan fingerprint density at radius 3 is 2.21 bits per heavy atom. The number of anilines is 1. The van der Waals surface area contributed by atoms with Crippen molar-refractivity contribution in [3.63, 3.8) is 0 Å². The fourth-order valence-corrected chi connectivity index (χ4v) is 0.869. The Morgan fingerprint density at radius 1 is 1.21 bits per heavy atom. The maximum absolute atomic E-state index is 12.2. The molecule has 0 atom stereocenters. The topological polar surface area (TPSA) is 16.1 Å². The number of pyridine rings is 1. The third kappa shape index (κ3) is 3.90. The van der Waals surface area contributed by atoms with Crippen LogP contribution in [0.1, 0.15) is 0 Å². The van der Waals surface area contributed by atoms with E-state index in [0.717, 1.165) is 12.3 Å². The van der Waals surface area contributed by atoms with E-state index in [1.54, 1.807) is 19.0 Å². The van der Waals surface area contributed by atoms with Crippen molar-refractivity contribution in [2.75, 3.05) is 19.0 Å². The largest absolute Gasteiger partial charge is 1.00 e. The van der Waals surface area contributed by atoms with Crippen LogP contribution >= 0.6 is 0 Å². The minimum absolute atomic E-state index is 0. The molecule has 0 unspecified atom stereocenters. The van der Waals surface area contributed by atoms with Gasteiger partial charge < -0.3 is 17.8 Å². The molecule has 0 aliphatic rings. The van der Waals surface area contributed by atoms with Gasteiger partial charge in [0.05, 0.1) is 5.69 Å². The van der Waals surface area contributed by atoms with Gasteiger partial charge in [0.15, 0.2) is 0 Å². The minimum atomic E-state index is -4.94. The molecule has 0 spiro atoms. The minimum Gasteiger partial charge on any atom is -0.445 e. The average Bonchev–Trinajstić information content (AvgIpc) is 2.03. The molecule has 72 valence electrons. The van der Waals surface area contributed by atoms with Crippen molar-refractivity contribution in [3.8, 4) is 0 Å². The molecule has 1 rings (SSSR count). The number of halogens is 3. The van der Waals surface area contributed by atoms with E-state index < -0.39 is 12.4 Å². The Labute approximate surface area is 123 Å². The van der Waals surface area contributed by atoms with Gasteiger partial charge in [-0.1, -0.05) is 11.5 Å². The first-order valence-corrected chi connectivity index (χ1v) is 3.73. The van der Waals surface area contributed by atoms with Crippen molar-refractivity contribution < 1.29 is 64.3 Å². The number of hydrogen-bond donors (Lipinski definition) is 0. The summed E-state index contributed by atoms with van der Waals surface area (Å²) in [5.41, 5.74) is -0.206. The van der Waals surface area contributed by atoms with Crippen LogP contribution in [0.5, 0.6) is 0 Å². The molecule has 0 N–H and O–H groups in total. The van der Waals surface area contributed by atoms with E-state index >= 15 is 0 Å². The summed E-state index contributed by atoms with van der Waals surface area (Å²) < 4.78 is 36.7. The maximum atomic E-state index is 12.2. The molecule has 1 aromatic rings. The molecule has 7 heteroatoms. The molecule has 0 amide bonds. The molecule has 0 radical (unpaired) electrons. The SMILES string of the molecule is CN(C)c1cncc([B-](F)(F)F)c1.[K+]. The summed E-state index contributed by atoms with van der Waals surface area (Å²) in [5.74, 6) is 0. The van der Waals surface area contributed by atoms with Gasteiger partial charge in [0.2, 0.25) is 0 Å². The van der Waals surface area contributed by atoms with Crippen molar-refractivity contribution in [3.05, 3.63) is 18.5 Å². The Balaban J connectivity index is 0.00000169. The summed E-state index contributed by atoms with van der Waals surface area (Å²) in [5, 5.41) is 0. The summed E-state index contributed by atoms with van der Waals surface area (Å²) in [4.78, 5) is 5.11. The van der Waals surface area contributed by atoms with Crippen LogP contribution < -0.4 is 61.7 Å². The smallest absolute Gasteiger partial charge is 0.445 e. The van der Waals surface area contributed by atoms with Crippen molar-refractivity contribution in [1.29, 1.82) is 0 Å². The van der Waals surface area contributed by atoms with E-state index in [0.29, 0.717) is 5.69 Å². The molecule has 0 aliphatic carbocycles. The van der Waals surface area contributed by atoms with Gasteiger partial charge in [-0.3, -0.25) is 4.98 Å². The molecule has 0 bridgehead atoms. The summed E-state index contributed by atoms with van der Waals surface area (Å²) in [6.07, 6.45) is 2.23. The van der Waals surface area contributed by atoms with Crippen LogP contribution in [-0.4, -0.2) is 26.1 Å². The molecule has 2 nitrogen and oxygen atoms in total. The summed E-state index contributed by atoms with van der Waals surface area (Å²) in [6.45, 7) is -4.94. The first kappa shape index (κ1) is 14.4. The van der Waals surface area contributed by atoms with Gasteiger partial charge in [0.1, 0.15) is 0 Å². The van der Waals surface area contributed by atoms with Gasteiger partial charge in [-0.15, -0.1) is 0 Å². The Bertz CT molecular complexity index is 303. The summed E-state index contributed by atoms with van der Waals surface area (Å²) in [6, 6.07) is 1.09. The third-order valence-corrected chi connectivity index (χ3v) is 1.64. The monoisotopic (exact) mass is 228 g/mol. The second-order valence-electron chi connectivity index (χ2n) is 2.95. The van der Waals surface area contributed by atoms with E-state index in [4.69, 9.17) is 0 Å². The van der Waals surface area contributed by atoms with Crippen LogP contribution in [0.3, 0.4) is 0 Å². The van der Waals surface area contributed by atoms with Crippen molar-refractivity contribution in [2.24, 2.45) is 0 Å². The second kappa shape index (κ2) is 5.50. The van der Waals surface area contributed by atoms with Gasteiger partial charge in [-0.25, -0.2) is 0 Å². The molecule has 0 aliphatic heterocycles. The number of hydrogen-bond acceptors (Lipinski definition) is 2. The maximum Gasteiger partial charge on any atom is 1.00 e. The average molecular weight is 228 g/mol. The Morgan fingerprint density at radius 2 is 1.79 bits per heavy atom. The van der Waals surface area contributed by atoms with Crippen LogP contribution in [-0.2, 0) is 0 Å². The standard InChI is InChI=1S/C7H9BF3N2.K/c1-13(2)7-3-6(4-12-5-7)8(9,10)11;/h3-5H,1-2H3;/q-1;+1. The third-order valence-electron chi connectivity index (χ3n) is 1.64. The Hall–Kier alpha value is 0.441. The van der Waals surface area contributed by atoms with Crippen molar-refractivity contribution in [1.82, 2.24) is 4.98 Å². The van der Waals surface area contributed by atoms with Gasteiger partial charge in [-0.05, 0) is 0 Å². The Kier molecular flexibility index (Phi) is 5.68. The van der Waals surface area contributed by atoms with E-state index in [1.807, 2.05) is 0 Å². The molecule has 1 aromatic heterocycles. The zero-order chi connectivity index (χ0) is 10.1. The van der Waals surface area contributed by atoms with Crippen LogP contribution in [0.4, 0.5) is 18.6 Å². The molecule has 14 heavy (non-hydrogen) atoms. The van der Waals surface area contributed by atoms with Crippen LogP contribution in [0, 0.1) is 0 Å². The van der Waals surface area contributed by atoms with E-state index in [2.05, 4.69) is 4.98 Å². The fourth-order valence-electron chi connectivity index (χ4n) is 0.869. The predicted octanol–water partition coefficient (Wildman–Crippen LogP) is -1.79. The van der Waals surface area contributed by atoms with Crippen LogP contribution in [0.25, 0.3) is 0 Å². The molecular weight excluding hydrogens is 219 g/mol. The molecular formula is C7H9BF3KN2. The number of nitrogens with zero attached hydrogens (tertiary/aromatic N) is 2. The summed E-state index contributed by atoms with van der Waals surface area (Å²) >= 11 is 0. The second-order valence-corrected chi connectivity index (χ2v) is 2.95. The summed E-state index contributed by atoms with van der Waals surface area (Å²) in [7, 11) is 3.34. The molecule has 0 aromatic carbocycles. The first-order valence-electron chi connectivity index (χ1n) is 3.73. The normalized spacial score (nSPS) is 10.6. The fraction of sp³-hybridized carbons (Fsp3) is 0.286. The molecule has 1 heterocycles. The van der Waals surface area contributed by atoms with Crippen molar-refractivity contribution >= 4 is 18.1 Å². The van der Waals surface area contributed by atoms with E-state index in [-0.39, 0.29) is 51.4 Å². The van der Waals surface area contributed by atoms with E-state index in [1.165, 1.54) is 6.20 Å². The van der Waals surface area contributed by atoms with Crippen LogP contribution in [0.2, 0.25) is 0 Å². The first-order chi connectivity index (χ1) is 5.91. The molecule has 0 saturated carbocycles. The zero-order valence-electron chi connectivity index (χ0n) is 8.34. The van der Waals surface area contributed by atoms with Gasteiger partial charge in [-0.2, -0.15) is 0 Å². The molecule has 0 fully saturated rings. The van der Waals surface area contributed by atoms with Gasteiger partial charge >= 0.3 is 58.4 Å². The van der Waals surface area contributed by atoms with Crippen molar-refractivity contribution in [2.45, 2.75) is 0 Å². The quantitative estimate of drug-likeness (QED) is 0.555. The zero-order valence-corrected chi connectivity index (χ0v) is 11.5. The number of aromatic nitrogens is 1. The predicted molar refractivity (Wildman–Crippen MR) is 47.3 cm³/mol.